The number of carbonyl (C=O) groups is 1. The monoisotopic (exact) mass is 764 g/mol. The highest BCUT2D eigenvalue weighted by Gasteiger charge is 2.52. The molecule has 0 bridgehead atoms. The van der Waals surface area contributed by atoms with Gasteiger partial charge < -0.3 is 40.3 Å². The van der Waals surface area contributed by atoms with Gasteiger partial charge in [-0.05, 0) is 141 Å². The average Bonchev–Trinajstić information content (AvgIpc) is 3.44. The summed E-state index contributed by atoms with van der Waals surface area (Å²) in [5.74, 6) is 0.157. The number of rotatable bonds is 8. The van der Waals surface area contributed by atoms with Gasteiger partial charge in [0, 0.05) is 24.2 Å². The molecule has 2 heterocycles. The van der Waals surface area contributed by atoms with Crippen LogP contribution in [0, 0.1) is 0 Å². The van der Waals surface area contributed by atoms with E-state index in [-0.39, 0.29) is 42.4 Å². The number of carbonyl (C=O) groups excluding carboxylic acids is 1. The maximum Gasteiger partial charge on any atom is 0.494 e. The first-order chi connectivity index (χ1) is 25.7. The van der Waals surface area contributed by atoms with E-state index < -0.39 is 11.2 Å². The molecule has 56 heavy (non-hydrogen) atoms. The lowest BCUT2D eigenvalue weighted by Crippen LogP contribution is -2.41. The lowest BCUT2D eigenvalue weighted by Gasteiger charge is -2.32. The number of hydrogen-bond donors (Lipinski definition) is 4. The van der Waals surface area contributed by atoms with Crippen LogP contribution in [0.25, 0.3) is 0 Å². The third-order valence-corrected chi connectivity index (χ3v) is 11.0. The Kier molecular flexibility index (Phi) is 13.5. The Morgan fingerprint density at radius 3 is 1.05 bits per heavy atom. The smallest absolute Gasteiger partial charge is 0.399 e. The van der Waals surface area contributed by atoms with Crippen molar-refractivity contribution in [2.75, 3.05) is 11.5 Å². The molecule has 0 radical (unpaired) electrons. The van der Waals surface area contributed by atoms with Crippen LogP contribution in [0.1, 0.15) is 105 Å². The topological polar surface area (TPSA) is 146 Å². The van der Waals surface area contributed by atoms with Crippen molar-refractivity contribution in [1.29, 1.82) is 0 Å². The van der Waals surface area contributed by atoms with E-state index in [0.29, 0.717) is 12.8 Å². The Balaban J connectivity index is 0.000000214. The van der Waals surface area contributed by atoms with Crippen molar-refractivity contribution in [2.24, 2.45) is 0 Å². The molecule has 4 aromatic carbocycles. The second-order valence-corrected chi connectivity index (χ2v) is 17.9. The molecule has 2 aliphatic rings. The summed E-state index contributed by atoms with van der Waals surface area (Å²) < 4.78 is 24.0. The van der Waals surface area contributed by atoms with Gasteiger partial charge in [-0.1, -0.05) is 72.8 Å². The lowest BCUT2D eigenvalue weighted by molar-refractivity contribution is -0.117. The molecule has 2 aliphatic heterocycles. The third kappa shape index (κ3) is 11.6. The summed E-state index contributed by atoms with van der Waals surface area (Å²) in [6.07, 6.45) is 0.766. The summed E-state index contributed by atoms with van der Waals surface area (Å²) in [5.41, 5.74) is 15.3. The first-order valence-electron chi connectivity index (χ1n) is 19.3. The van der Waals surface area contributed by atoms with Gasteiger partial charge in [0.05, 0.1) is 33.6 Å². The summed E-state index contributed by atoms with van der Waals surface area (Å²) in [7, 11) is -0.690. The first kappa shape index (κ1) is 44.8. The minimum atomic E-state index is -0.874. The number of Topliss-reactive ketones (excluding diaryl/α,β-unsaturated/α-hetero) is 1. The minimum Gasteiger partial charge on any atom is -0.399 e. The standard InChI is InChI=1S/C24H31BO4.C12H18BNO2.C9H13NO/c1-22(2,27)19-11-7-17(8-12-19)15-21(26)16-18-9-13-20(14-10-18)25-28-23(3,4)24(5,6)29-25;1-11(2)12(3,4)16-13(15-11)9-5-7-10(14)8-6-9;1-9(2,11)7-3-5-8(10)6-4-7/h7-14,27H,15-16H2,1-6H3;5-8H,14H2,1-4H3;3-6,11H,10H2,1-2H3. The molecule has 2 saturated heterocycles. The molecule has 0 amide bonds. The minimum absolute atomic E-state index is 0.157. The van der Waals surface area contributed by atoms with Gasteiger partial charge in [-0.2, -0.15) is 0 Å². The molecular weight excluding hydrogens is 702 g/mol. The lowest BCUT2D eigenvalue weighted by atomic mass is 9.78. The van der Waals surface area contributed by atoms with Crippen molar-refractivity contribution in [1.82, 2.24) is 0 Å². The number of nitrogens with two attached hydrogens (primary N) is 2. The molecule has 2 fully saturated rings. The second kappa shape index (κ2) is 16.9. The zero-order valence-corrected chi connectivity index (χ0v) is 35.4. The molecule has 9 nitrogen and oxygen atoms in total. The molecule has 0 spiro atoms. The fourth-order valence-electron chi connectivity index (χ4n) is 5.84. The highest BCUT2D eigenvalue weighted by Crippen LogP contribution is 2.37. The molecule has 0 aliphatic carbocycles. The number of nitrogen functional groups attached to an aromatic ring is 2. The maximum absolute atomic E-state index is 12.5. The number of aliphatic hydroxyl groups is 2. The Bertz CT molecular complexity index is 1860. The van der Waals surface area contributed by atoms with Crippen molar-refractivity contribution >= 4 is 42.3 Å². The highest BCUT2D eigenvalue weighted by molar-refractivity contribution is 6.62. The van der Waals surface area contributed by atoms with Crippen LogP contribution < -0.4 is 22.4 Å². The Labute approximate surface area is 335 Å². The second-order valence-electron chi connectivity index (χ2n) is 17.9. The van der Waals surface area contributed by atoms with Gasteiger partial charge in [0.15, 0.2) is 0 Å². The summed E-state index contributed by atoms with van der Waals surface area (Å²) in [6, 6.07) is 30.3. The van der Waals surface area contributed by atoms with E-state index in [1.807, 2.05) is 140 Å². The highest BCUT2D eigenvalue weighted by atomic mass is 16.7. The van der Waals surface area contributed by atoms with Gasteiger partial charge in [-0.15, -0.1) is 0 Å². The largest absolute Gasteiger partial charge is 0.494 e. The Morgan fingerprint density at radius 1 is 0.500 bits per heavy atom. The maximum atomic E-state index is 12.5. The van der Waals surface area contributed by atoms with Crippen LogP contribution in [0.2, 0.25) is 0 Å². The van der Waals surface area contributed by atoms with Crippen molar-refractivity contribution in [3.05, 3.63) is 119 Å². The van der Waals surface area contributed by atoms with E-state index in [9.17, 15) is 15.0 Å². The van der Waals surface area contributed by atoms with E-state index >= 15 is 0 Å². The molecule has 6 N–H and O–H groups in total. The van der Waals surface area contributed by atoms with Gasteiger partial charge in [0.2, 0.25) is 0 Å². The first-order valence-corrected chi connectivity index (χ1v) is 19.3. The van der Waals surface area contributed by atoms with E-state index in [4.69, 9.17) is 30.1 Å². The van der Waals surface area contributed by atoms with Gasteiger partial charge in [0.1, 0.15) is 5.78 Å². The molecular formula is C45H62B2N2O7. The van der Waals surface area contributed by atoms with E-state index in [0.717, 1.165) is 44.6 Å². The van der Waals surface area contributed by atoms with Crippen LogP contribution in [0.4, 0.5) is 11.4 Å². The number of benzene rings is 4. The van der Waals surface area contributed by atoms with Crippen molar-refractivity contribution in [3.63, 3.8) is 0 Å². The normalized spacial score (nSPS) is 18.0. The van der Waals surface area contributed by atoms with Crippen LogP contribution >= 0.6 is 0 Å². The molecule has 0 aromatic heterocycles. The fourth-order valence-corrected chi connectivity index (χ4v) is 5.84. The Morgan fingerprint density at radius 2 is 0.750 bits per heavy atom. The summed E-state index contributed by atoms with van der Waals surface area (Å²) in [5, 5.41) is 19.6. The molecule has 11 heteroatoms. The van der Waals surface area contributed by atoms with Crippen LogP contribution in [-0.2, 0) is 47.5 Å². The predicted octanol–water partition coefficient (Wildman–Crippen LogP) is 6.63. The van der Waals surface area contributed by atoms with Crippen LogP contribution in [0.15, 0.2) is 97.1 Å². The molecule has 0 atom stereocenters. The van der Waals surface area contributed by atoms with Gasteiger partial charge >= 0.3 is 14.2 Å². The zero-order valence-electron chi connectivity index (χ0n) is 35.4. The van der Waals surface area contributed by atoms with Crippen molar-refractivity contribution in [2.45, 2.75) is 130 Å². The number of hydrogen-bond acceptors (Lipinski definition) is 9. The van der Waals surface area contributed by atoms with E-state index in [2.05, 4.69) is 0 Å². The van der Waals surface area contributed by atoms with Gasteiger partial charge in [-0.25, -0.2) is 0 Å². The number of anilines is 2. The summed E-state index contributed by atoms with van der Waals surface area (Å²) in [4.78, 5) is 12.5. The Hall–Kier alpha value is -3.96. The average molecular weight is 765 g/mol. The summed E-state index contributed by atoms with van der Waals surface area (Å²) >= 11 is 0. The summed E-state index contributed by atoms with van der Waals surface area (Å²) in [6.45, 7) is 23.3. The molecule has 300 valence electrons. The quantitative estimate of drug-likeness (QED) is 0.115. The molecule has 6 rings (SSSR count). The van der Waals surface area contributed by atoms with Crippen molar-refractivity contribution < 1.29 is 33.6 Å². The van der Waals surface area contributed by atoms with E-state index in [1.54, 1.807) is 39.8 Å². The van der Waals surface area contributed by atoms with Gasteiger partial charge in [0.25, 0.3) is 0 Å². The van der Waals surface area contributed by atoms with Crippen LogP contribution in [0.3, 0.4) is 0 Å². The molecule has 4 aromatic rings. The van der Waals surface area contributed by atoms with Crippen LogP contribution in [-0.4, -0.2) is 52.6 Å². The van der Waals surface area contributed by atoms with Crippen LogP contribution in [0.5, 0.6) is 0 Å². The zero-order chi connectivity index (χ0) is 41.9. The predicted molar refractivity (Wildman–Crippen MR) is 229 cm³/mol. The SMILES string of the molecule is CC(C)(O)c1ccc(CC(=O)Cc2ccc(B3OC(C)(C)C(C)(C)O3)cc2)cc1.CC(C)(O)c1ccc(N)cc1.CC1(C)OB(c2ccc(N)cc2)OC1(C)C. The molecule has 0 saturated carbocycles. The van der Waals surface area contributed by atoms with Gasteiger partial charge in [-0.3, -0.25) is 4.79 Å². The number of ketones is 1. The van der Waals surface area contributed by atoms with E-state index in [1.165, 1.54) is 0 Å². The van der Waals surface area contributed by atoms with Crippen molar-refractivity contribution in [3.8, 4) is 0 Å². The molecule has 0 unspecified atom stereocenters. The third-order valence-electron chi connectivity index (χ3n) is 11.0. The fraction of sp³-hybridized carbons (Fsp3) is 0.444.